The van der Waals surface area contributed by atoms with E-state index in [0.717, 1.165) is 11.3 Å². The number of carbonyl (C=O) groups excluding carboxylic acids is 1. The number of methoxy groups -OCH3 is 1. The predicted molar refractivity (Wildman–Crippen MR) is 109 cm³/mol. The number of hydrogen-bond acceptors (Lipinski definition) is 5. The van der Waals surface area contributed by atoms with Crippen molar-refractivity contribution >= 4 is 22.5 Å². The summed E-state index contributed by atoms with van der Waals surface area (Å²) in [7, 11) is 1.62. The summed E-state index contributed by atoms with van der Waals surface area (Å²) < 4.78 is 6.50. The van der Waals surface area contributed by atoms with Crippen LogP contribution in [0.25, 0.3) is 10.9 Å². The van der Waals surface area contributed by atoms with E-state index in [2.05, 4.69) is 15.6 Å². The van der Waals surface area contributed by atoms with Gasteiger partial charge in [0.25, 0.3) is 5.56 Å². The van der Waals surface area contributed by atoms with Gasteiger partial charge in [0.15, 0.2) is 0 Å². The Morgan fingerprint density at radius 1 is 1.18 bits per heavy atom. The van der Waals surface area contributed by atoms with Crippen LogP contribution < -0.4 is 15.6 Å². The predicted octanol–water partition coefficient (Wildman–Crippen LogP) is 3.03. The third-order valence-electron chi connectivity index (χ3n) is 4.34. The van der Waals surface area contributed by atoms with Crippen LogP contribution in [-0.2, 0) is 17.8 Å². The van der Waals surface area contributed by atoms with Gasteiger partial charge < -0.3 is 10.1 Å². The molecule has 1 heterocycles. The molecule has 0 atom stereocenters. The summed E-state index contributed by atoms with van der Waals surface area (Å²) >= 11 is 0. The van der Waals surface area contributed by atoms with Gasteiger partial charge in [-0.25, -0.2) is 4.68 Å². The molecule has 7 heteroatoms. The number of fused-ring (bicyclic) bond motifs is 1. The molecule has 146 valence electrons. The first kappa shape index (κ1) is 19.5. The molecule has 1 aromatic heterocycles. The van der Waals surface area contributed by atoms with Gasteiger partial charge >= 0.3 is 0 Å². The normalized spacial score (nSPS) is 11.0. The first-order valence-corrected chi connectivity index (χ1v) is 9.26. The first-order chi connectivity index (χ1) is 13.5. The van der Waals surface area contributed by atoms with E-state index in [1.807, 2.05) is 38.1 Å². The zero-order valence-electron chi connectivity index (χ0n) is 16.3. The summed E-state index contributed by atoms with van der Waals surface area (Å²) in [5, 5.41) is 11.4. The zero-order chi connectivity index (χ0) is 20.1. The Hall–Kier alpha value is -3.22. The average molecular weight is 380 g/mol. The number of hydrogen-bond donors (Lipinski definition) is 1. The molecule has 1 N–H and O–H groups in total. The van der Waals surface area contributed by atoms with Crippen molar-refractivity contribution < 1.29 is 9.53 Å². The van der Waals surface area contributed by atoms with Gasteiger partial charge in [-0.15, -0.1) is 5.10 Å². The zero-order valence-corrected chi connectivity index (χ0v) is 16.3. The number of carbonyl (C=O) groups is 1. The maximum absolute atomic E-state index is 12.6. The maximum atomic E-state index is 12.6. The van der Waals surface area contributed by atoms with Crippen molar-refractivity contribution in [2.24, 2.45) is 5.92 Å². The molecule has 0 unspecified atom stereocenters. The summed E-state index contributed by atoms with van der Waals surface area (Å²) in [5.74, 6) is 0.959. The SMILES string of the molecule is COc1ccc(CCC(=O)Nc2ccc3nnn(CC(C)C)c(=O)c3c2)cc1. The molecule has 0 aliphatic carbocycles. The van der Waals surface area contributed by atoms with Crippen LogP contribution >= 0.6 is 0 Å². The van der Waals surface area contributed by atoms with Gasteiger partial charge in [-0.1, -0.05) is 31.2 Å². The fourth-order valence-corrected chi connectivity index (χ4v) is 2.89. The molecule has 0 radical (unpaired) electrons. The monoisotopic (exact) mass is 380 g/mol. The minimum Gasteiger partial charge on any atom is -0.497 e. The summed E-state index contributed by atoms with van der Waals surface area (Å²) in [6.07, 6.45) is 0.965. The Kier molecular flexibility index (Phi) is 6.03. The van der Waals surface area contributed by atoms with Crippen LogP contribution in [0.3, 0.4) is 0 Å². The lowest BCUT2D eigenvalue weighted by atomic mass is 10.1. The van der Waals surface area contributed by atoms with Crippen LogP contribution in [0.5, 0.6) is 5.75 Å². The van der Waals surface area contributed by atoms with Crippen molar-refractivity contribution in [2.75, 3.05) is 12.4 Å². The minimum absolute atomic E-state index is 0.111. The smallest absolute Gasteiger partial charge is 0.277 e. The van der Waals surface area contributed by atoms with E-state index in [1.165, 1.54) is 4.68 Å². The minimum atomic E-state index is -0.201. The van der Waals surface area contributed by atoms with E-state index < -0.39 is 0 Å². The van der Waals surface area contributed by atoms with Gasteiger partial charge in [0.05, 0.1) is 12.5 Å². The van der Waals surface area contributed by atoms with Gasteiger partial charge in [0.2, 0.25) is 5.91 Å². The summed E-state index contributed by atoms with van der Waals surface area (Å²) in [6.45, 7) is 4.52. The molecule has 3 rings (SSSR count). The molecule has 0 spiro atoms. The lowest BCUT2D eigenvalue weighted by Gasteiger charge is -2.09. The van der Waals surface area contributed by atoms with Crippen molar-refractivity contribution in [3.05, 3.63) is 58.4 Å². The Morgan fingerprint density at radius 3 is 2.61 bits per heavy atom. The number of benzene rings is 2. The molecular formula is C21H24N4O3. The summed E-state index contributed by atoms with van der Waals surface area (Å²) in [6, 6.07) is 12.7. The van der Waals surface area contributed by atoms with E-state index >= 15 is 0 Å². The Bertz CT molecular complexity index is 1030. The van der Waals surface area contributed by atoms with E-state index in [9.17, 15) is 9.59 Å². The number of nitrogens with zero attached hydrogens (tertiary/aromatic N) is 3. The largest absolute Gasteiger partial charge is 0.497 e. The third kappa shape index (κ3) is 4.73. The van der Waals surface area contributed by atoms with Gasteiger partial charge in [-0.3, -0.25) is 9.59 Å². The highest BCUT2D eigenvalue weighted by Crippen LogP contribution is 2.16. The van der Waals surface area contributed by atoms with E-state index in [1.54, 1.807) is 25.3 Å². The number of aromatic nitrogens is 3. The second kappa shape index (κ2) is 8.65. The average Bonchev–Trinajstić information content (AvgIpc) is 2.69. The lowest BCUT2D eigenvalue weighted by Crippen LogP contribution is -2.26. The quantitative estimate of drug-likeness (QED) is 0.681. The van der Waals surface area contributed by atoms with Crippen molar-refractivity contribution in [3.63, 3.8) is 0 Å². The number of amides is 1. The van der Waals surface area contributed by atoms with Crippen molar-refractivity contribution in [2.45, 2.75) is 33.2 Å². The molecule has 0 aliphatic rings. The fraction of sp³-hybridized carbons (Fsp3) is 0.333. The van der Waals surface area contributed by atoms with Gasteiger partial charge in [-0.05, 0) is 48.2 Å². The third-order valence-corrected chi connectivity index (χ3v) is 4.34. The summed E-state index contributed by atoms with van der Waals surface area (Å²) in [4.78, 5) is 24.9. The van der Waals surface area contributed by atoms with Crippen molar-refractivity contribution in [3.8, 4) is 5.75 Å². The molecule has 28 heavy (non-hydrogen) atoms. The van der Waals surface area contributed by atoms with Crippen LogP contribution in [0.2, 0.25) is 0 Å². The Morgan fingerprint density at radius 2 is 1.93 bits per heavy atom. The number of anilines is 1. The van der Waals surface area contributed by atoms with Crippen LogP contribution in [0.4, 0.5) is 5.69 Å². The molecular weight excluding hydrogens is 356 g/mol. The number of nitrogens with one attached hydrogen (secondary N) is 1. The number of ether oxygens (including phenoxy) is 1. The second-order valence-electron chi connectivity index (χ2n) is 7.10. The van der Waals surface area contributed by atoms with E-state index in [0.29, 0.717) is 36.0 Å². The summed E-state index contributed by atoms with van der Waals surface area (Å²) in [5.41, 5.74) is 1.95. The molecule has 7 nitrogen and oxygen atoms in total. The van der Waals surface area contributed by atoms with Crippen LogP contribution in [0.1, 0.15) is 25.8 Å². The van der Waals surface area contributed by atoms with Crippen molar-refractivity contribution in [1.82, 2.24) is 15.0 Å². The van der Waals surface area contributed by atoms with Crippen LogP contribution in [0.15, 0.2) is 47.3 Å². The highest BCUT2D eigenvalue weighted by Gasteiger charge is 2.10. The number of aryl methyl sites for hydroxylation is 1. The molecule has 0 saturated carbocycles. The molecule has 2 aromatic carbocycles. The Labute approximate surface area is 163 Å². The molecule has 3 aromatic rings. The van der Waals surface area contributed by atoms with Gasteiger partial charge in [0.1, 0.15) is 11.3 Å². The second-order valence-corrected chi connectivity index (χ2v) is 7.10. The highest BCUT2D eigenvalue weighted by atomic mass is 16.5. The molecule has 0 fully saturated rings. The standard InChI is InChI=1S/C21H24N4O3/c1-14(2)13-25-21(27)18-12-16(7-10-19(18)23-24-25)22-20(26)11-6-15-4-8-17(28-3)9-5-15/h4-5,7-10,12,14H,6,11,13H2,1-3H3,(H,22,26). The van der Waals surface area contributed by atoms with Crippen LogP contribution in [-0.4, -0.2) is 28.0 Å². The van der Waals surface area contributed by atoms with E-state index in [-0.39, 0.29) is 17.4 Å². The lowest BCUT2D eigenvalue weighted by molar-refractivity contribution is -0.116. The fourth-order valence-electron chi connectivity index (χ4n) is 2.89. The molecule has 0 bridgehead atoms. The van der Waals surface area contributed by atoms with Gasteiger partial charge in [-0.2, -0.15) is 0 Å². The topological polar surface area (TPSA) is 86.1 Å². The molecule has 0 saturated heterocycles. The molecule has 1 amide bonds. The van der Waals surface area contributed by atoms with Crippen molar-refractivity contribution in [1.29, 1.82) is 0 Å². The number of rotatable bonds is 7. The highest BCUT2D eigenvalue weighted by molar-refractivity contribution is 5.93. The molecule has 0 aliphatic heterocycles. The maximum Gasteiger partial charge on any atom is 0.277 e. The van der Waals surface area contributed by atoms with E-state index in [4.69, 9.17) is 4.74 Å². The first-order valence-electron chi connectivity index (χ1n) is 9.26. The Balaban J connectivity index is 1.69. The van der Waals surface area contributed by atoms with Gasteiger partial charge in [0, 0.05) is 18.7 Å². The van der Waals surface area contributed by atoms with Crippen LogP contribution in [0, 0.1) is 5.92 Å².